The molecule has 1 heterocycles. The highest BCUT2D eigenvalue weighted by atomic mass is 16.2. The van der Waals surface area contributed by atoms with Gasteiger partial charge in [-0.1, -0.05) is 0 Å². The van der Waals surface area contributed by atoms with Crippen LogP contribution in [0.15, 0.2) is 24.3 Å². The fourth-order valence-corrected chi connectivity index (χ4v) is 3.21. The molecule has 0 bridgehead atoms. The summed E-state index contributed by atoms with van der Waals surface area (Å²) >= 11 is 0. The number of carbonyl (C=O) groups excluding carboxylic acids is 2. The van der Waals surface area contributed by atoms with Gasteiger partial charge in [0.1, 0.15) is 5.41 Å². The highest BCUT2D eigenvalue weighted by Crippen LogP contribution is 2.47. The van der Waals surface area contributed by atoms with E-state index in [-0.39, 0.29) is 17.4 Å². The zero-order valence-electron chi connectivity index (χ0n) is 16.3. The number of hydrogen-bond donors (Lipinski definition) is 2. The van der Waals surface area contributed by atoms with Crippen LogP contribution in [0.5, 0.6) is 0 Å². The largest absolute Gasteiger partial charge is 0.369 e. The molecule has 1 aliphatic carbocycles. The van der Waals surface area contributed by atoms with Crippen molar-refractivity contribution in [1.29, 1.82) is 0 Å². The Labute approximate surface area is 155 Å². The van der Waals surface area contributed by atoms with Crippen LogP contribution >= 0.6 is 0 Å². The van der Waals surface area contributed by atoms with E-state index in [4.69, 9.17) is 0 Å². The Balaban J connectivity index is 1.60. The summed E-state index contributed by atoms with van der Waals surface area (Å²) in [6, 6.07) is 7.91. The molecule has 0 spiro atoms. The average Bonchev–Trinajstić information content (AvgIpc) is 3.37. The van der Waals surface area contributed by atoms with Crippen LogP contribution in [0.4, 0.5) is 11.4 Å². The fourth-order valence-electron chi connectivity index (χ4n) is 3.21. The Morgan fingerprint density at radius 2 is 1.54 bits per heavy atom. The van der Waals surface area contributed by atoms with Gasteiger partial charge in [0.05, 0.1) is 0 Å². The van der Waals surface area contributed by atoms with E-state index in [1.807, 2.05) is 45.0 Å². The van der Waals surface area contributed by atoms with Crippen molar-refractivity contribution in [3.8, 4) is 0 Å². The van der Waals surface area contributed by atoms with Crippen molar-refractivity contribution in [2.75, 3.05) is 43.4 Å². The van der Waals surface area contributed by atoms with Gasteiger partial charge in [-0.25, -0.2) is 0 Å². The smallest absolute Gasteiger partial charge is 0.240 e. The van der Waals surface area contributed by atoms with Gasteiger partial charge in [-0.05, 0) is 64.9 Å². The number of amides is 2. The number of rotatable bonds is 4. The van der Waals surface area contributed by atoms with Gasteiger partial charge in [0.25, 0.3) is 0 Å². The molecule has 1 saturated heterocycles. The first-order valence-corrected chi connectivity index (χ1v) is 9.37. The van der Waals surface area contributed by atoms with Crippen molar-refractivity contribution in [2.45, 2.75) is 39.2 Å². The van der Waals surface area contributed by atoms with Gasteiger partial charge in [0.15, 0.2) is 0 Å². The molecule has 1 aromatic carbocycles. The number of anilines is 2. The summed E-state index contributed by atoms with van der Waals surface area (Å²) in [5.74, 6) is -0.372. The third-order valence-corrected chi connectivity index (χ3v) is 5.10. The van der Waals surface area contributed by atoms with Crippen molar-refractivity contribution >= 4 is 23.2 Å². The van der Waals surface area contributed by atoms with Crippen LogP contribution < -0.4 is 15.5 Å². The minimum Gasteiger partial charge on any atom is -0.369 e. The van der Waals surface area contributed by atoms with Crippen molar-refractivity contribution in [3.05, 3.63) is 24.3 Å². The van der Waals surface area contributed by atoms with Crippen LogP contribution in [0.25, 0.3) is 0 Å². The van der Waals surface area contributed by atoms with Gasteiger partial charge in [-0.2, -0.15) is 0 Å². The molecule has 1 aromatic rings. The highest BCUT2D eigenvalue weighted by Gasteiger charge is 2.57. The number of piperazine rings is 1. The fraction of sp³-hybridized carbons (Fsp3) is 0.600. The molecule has 26 heavy (non-hydrogen) atoms. The van der Waals surface area contributed by atoms with Crippen LogP contribution in [0.2, 0.25) is 0 Å². The van der Waals surface area contributed by atoms with E-state index >= 15 is 0 Å². The Bertz CT molecular complexity index is 666. The number of nitrogens with zero attached hydrogens (tertiary/aromatic N) is 2. The summed E-state index contributed by atoms with van der Waals surface area (Å²) in [5.41, 5.74) is 0.672. The van der Waals surface area contributed by atoms with Gasteiger partial charge in [-0.3, -0.25) is 9.59 Å². The number of likely N-dealkylation sites (N-methyl/N-ethyl adjacent to an activating group) is 1. The molecular formula is C20H30N4O2. The number of carbonyl (C=O) groups is 2. The molecule has 0 aromatic heterocycles. The summed E-state index contributed by atoms with van der Waals surface area (Å²) in [4.78, 5) is 29.8. The molecule has 1 saturated carbocycles. The van der Waals surface area contributed by atoms with E-state index < -0.39 is 5.41 Å². The van der Waals surface area contributed by atoms with Gasteiger partial charge in [0.2, 0.25) is 11.8 Å². The molecule has 0 unspecified atom stereocenters. The summed E-state index contributed by atoms with van der Waals surface area (Å²) in [5, 5.41) is 5.86. The molecule has 2 amide bonds. The normalized spacial score (nSPS) is 19.8. The maximum Gasteiger partial charge on any atom is 0.240 e. The highest BCUT2D eigenvalue weighted by molar-refractivity contribution is 6.13. The molecule has 6 heteroatoms. The maximum absolute atomic E-state index is 12.7. The molecule has 2 N–H and O–H groups in total. The summed E-state index contributed by atoms with van der Waals surface area (Å²) in [6.45, 7) is 9.92. The number of benzene rings is 1. The zero-order valence-corrected chi connectivity index (χ0v) is 16.3. The lowest BCUT2D eigenvalue weighted by Crippen LogP contribution is -2.48. The van der Waals surface area contributed by atoms with Gasteiger partial charge in [0, 0.05) is 43.1 Å². The minimum absolute atomic E-state index is 0.170. The minimum atomic E-state index is -0.899. The van der Waals surface area contributed by atoms with Crippen LogP contribution in [0, 0.1) is 5.41 Å². The lowest BCUT2D eigenvalue weighted by Gasteiger charge is -2.34. The third kappa shape index (κ3) is 4.18. The van der Waals surface area contributed by atoms with Gasteiger partial charge in [-0.15, -0.1) is 0 Å². The third-order valence-electron chi connectivity index (χ3n) is 5.10. The van der Waals surface area contributed by atoms with Crippen LogP contribution in [-0.4, -0.2) is 55.5 Å². The molecule has 2 aliphatic rings. The lowest BCUT2D eigenvalue weighted by atomic mass is 10.0. The molecule has 6 nitrogen and oxygen atoms in total. The molecule has 142 valence electrons. The Morgan fingerprint density at radius 1 is 0.962 bits per heavy atom. The average molecular weight is 358 g/mol. The second kappa shape index (κ2) is 6.91. The Kier molecular flexibility index (Phi) is 4.97. The topological polar surface area (TPSA) is 64.7 Å². The second-order valence-electron chi connectivity index (χ2n) is 8.58. The lowest BCUT2D eigenvalue weighted by molar-refractivity contribution is -0.135. The van der Waals surface area contributed by atoms with E-state index in [0.29, 0.717) is 12.8 Å². The first kappa shape index (κ1) is 18.7. The summed E-state index contributed by atoms with van der Waals surface area (Å²) in [6.07, 6.45) is 1.22. The molecule has 1 aliphatic heterocycles. The van der Waals surface area contributed by atoms with E-state index in [2.05, 4.69) is 27.5 Å². The van der Waals surface area contributed by atoms with Crippen LogP contribution in [0.1, 0.15) is 33.6 Å². The second-order valence-corrected chi connectivity index (χ2v) is 8.58. The Morgan fingerprint density at radius 3 is 2.04 bits per heavy atom. The van der Waals surface area contributed by atoms with Crippen molar-refractivity contribution in [1.82, 2.24) is 10.2 Å². The SMILES string of the molecule is CN1CCN(c2ccc(NC(=O)C3(C(=O)NC(C)(C)C)CC3)cc2)CC1. The summed E-state index contributed by atoms with van der Waals surface area (Å²) in [7, 11) is 2.14. The predicted molar refractivity (Wildman–Crippen MR) is 104 cm³/mol. The van der Waals surface area contributed by atoms with Crippen molar-refractivity contribution in [2.24, 2.45) is 5.41 Å². The first-order chi connectivity index (χ1) is 12.2. The molecular weight excluding hydrogens is 328 g/mol. The van der Waals surface area contributed by atoms with Gasteiger partial charge < -0.3 is 20.4 Å². The molecule has 3 rings (SSSR count). The van der Waals surface area contributed by atoms with Gasteiger partial charge >= 0.3 is 0 Å². The predicted octanol–water partition coefficient (Wildman–Crippen LogP) is 2.07. The monoisotopic (exact) mass is 358 g/mol. The first-order valence-electron chi connectivity index (χ1n) is 9.37. The Hall–Kier alpha value is -2.08. The molecule has 0 radical (unpaired) electrons. The number of hydrogen-bond acceptors (Lipinski definition) is 4. The van der Waals surface area contributed by atoms with Crippen LogP contribution in [-0.2, 0) is 9.59 Å². The van der Waals surface area contributed by atoms with E-state index in [1.165, 1.54) is 5.69 Å². The molecule has 0 atom stereocenters. The van der Waals surface area contributed by atoms with E-state index in [9.17, 15) is 9.59 Å². The maximum atomic E-state index is 12.7. The quantitative estimate of drug-likeness (QED) is 0.809. The van der Waals surface area contributed by atoms with Crippen molar-refractivity contribution < 1.29 is 9.59 Å². The van der Waals surface area contributed by atoms with E-state index in [0.717, 1.165) is 31.9 Å². The zero-order chi connectivity index (χ0) is 18.9. The summed E-state index contributed by atoms with van der Waals surface area (Å²) < 4.78 is 0. The molecule has 2 fully saturated rings. The van der Waals surface area contributed by atoms with E-state index in [1.54, 1.807) is 0 Å². The standard InChI is InChI=1S/C20H30N4O2/c1-19(2,3)22-18(26)20(9-10-20)17(25)21-15-5-7-16(8-6-15)24-13-11-23(4)12-14-24/h5-8H,9-14H2,1-4H3,(H,21,25)(H,22,26). The number of nitrogens with one attached hydrogen (secondary N) is 2. The van der Waals surface area contributed by atoms with Crippen LogP contribution in [0.3, 0.4) is 0 Å². The van der Waals surface area contributed by atoms with Crippen molar-refractivity contribution in [3.63, 3.8) is 0 Å².